The Morgan fingerprint density at radius 2 is 1.89 bits per heavy atom. The predicted molar refractivity (Wildman–Crippen MR) is 106 cm³/mol. The van der Waals surface area contributed by atoms with Gasteiger partial charge in [0.25, 0.3) is 0 Å². The summed E-state index contributed by atoms with van der Waals surface area (Å²) in [5.74, 6) is 1.34. The summed E-state index contributed by atoms with van der Waals surface area (Å²) in [6.07, 6.45) is 1.50. The minimum Gasteiger partial charge on any atom is -0.495 e. The molecule has 2 aromatic rings. The van der Waals surface area contributed by atoms with Crippen LogP contribution >= 0.6 is 0 Å². The third-order valence-electron chi connectivity index (χ3n) is 3.99. The summed E-state index contributed by atoms with van der Waals surface area (Å²) < 4.78 is 10.8. The van der Waals surface area contributed by atoms with Crippen molar-refractivity contribution >= 4 is 17.5 Å². The predicted octanol–water partition coefficient (Wildman–Crippen LogP) is 3.34. The second-order valence-electron chi connectivity index (χ2n) is 6.25. The van der Waals surface area contributed by atoms with Crippen LogP contribution in [0.1, 0.15) is 23.6 Å². The van der Waals surface area contributed by atoms with Gasteiger partial charge in [-0.1, -0.05) is 12.1 Å². The van der Waals surface area contributed by atoms with Crippen LogP contribution in [0.25, 0.3) is 0 Å². The number of aryl methyl sites for hydroxylation is 2. The molecule has 0 aliphatic carbocycles. The lowest BCUT2D eigenvalue weighted by molar-refractivity contribution is 0.402. The van der Waals surface area contributed by atoms with Gasteiger partial charge >= 0.3 is 0 Å². The van der Waals surface area contributed by atoms with Crippen molar-refractivity contribution in [2.45, 2.75) is 33.5 Å². The highest BCUT2D eigenvalue weighted by molar-refractivity contribution is 5.62. The number of methoxy groups -OCH3 is 2. The van der Waals surface area contributed by atoms with Crippen molar-refractivity contribution in [1.82, 2.24) is 10.9 Å². The molecular formula is C20H26N4O3. The molecular weight excluding hydrogens is 344 g/mol. The molecule has 0 spiro atoms. The van der Waals surface area contributed by atoms with Crippen LogP contribution in [-0.2, 0) is 11.3 Å². The monoisotopic (exact) mass is 370 g/mol. The molecule has 0 aliphatic rings. The number of carbonyl (C=O) groups excluding carboxylic acids is 1. The molecule has 0 saturated carbocycles. The minimum absolute atomic E-state index is 0.0658. The maximum absolute atomic E-state index is 10.6. The first-order chi connectivity index (χ1) is 13.0. The van der Waals surface area contributed by atoms with Gasteiger partial charge in [-0.15, -0.1) is 0 Å². The first kappa shape index (κ1) is 20.5. The molecule has 0 saturated heterocycles. The van der Waals surface area contributed by atoms with E-state index in [1.165, 1.54) is 0 Å². The Bertz CT molecular complexity index is 832. The van der Waals surface area contributed by atoms with Crippen molar-refractivity contribution in [2.24, 2.45) is 4.99 Å². The van der Waals surface area contributed by atoms with E-state index in [9.17, 15) is 4.79 Å². The van der Waals surface area contributed by atoms with Gasteiger partial charge in [-0.05, 0) is 50.1 Å². The van der Waals surface area contributed by atoms with Gasteiger partial charge in [0.05, 0.1) is 26.1 Å². The largest absolute Gasteiger partial charge is 0.495 e. The number of nitrogens with one attached hydrogen (secondary N) is 3. The molecule has 0 aliphatic heterocycles. The van der Waals surface area contributed by atoms with E-state index >= 15 is 0 Å². The first-order valence-electron chi connectivity index (χ1n) is 8.63. The number of hydrogen-bond donors (Lipinski definition) is 3. The minimum atomic E-state index is -0.0658. The number of hydrazine groups is 1. The van der Waals surface area contributed by atoms with Gasteiger partial charge < -0.3 is 14.8 Å². The van der Waals surface area contributed by atoms with Crippen molar-refractivity contribution in [1.29, 1.82) is 0 Å². The Balaban J connectivity index is 2.02. The number of ether oxygens (including phenoxy) is 2. The molecule has 0 radical (unpaired) electrons. The maximum Gasteiger partial charge on any atom is 0.240 e. The fourth-order valence-electron chi connectivity index (χ4n) is 2.83. The summed E-state index contributed by atoms with van der Waals surface area (Å²) in [5.41, 5.74) is 10.8. The van der Waals surface area contributed by atoms with Gasteiger partial charge in [-0.3, -0.25) is 5.43 Å². The lowest BCUT2D eigenvalue weighted by Crippen LogP contribution is -2.43. The highest BCUT2D eigenvalue weighted by Crippen LogP contribution is 2.32. The van der Waals surface area contributed by atoms with Crippen molar-refractivity contribution in [2.75, 3.05) is 19.5 Å². The number of rotatable bonds is 9. The summed E-state index contributed by atoms with van der Waals surface area (Å²) in [7, 11) is 3.20. The van der Waals surface area contributed by atoms with Gasteiger partial charge in [0, 0.05) is 12.1 Å². The lowest BCUT2D eigenvalue weighted by atomic mass is 10.1. The summed E-state index contributed by atoms with van der Waals surface area (Å²) in [4.78, 5) is 14.3. The molecule has 7 nitrogen and oxygen atoms in total. The topological polar surface area (TPSA) is 84.0 Å². The quantitative estimate of drug-likeness (QED) is 0.272. The first-order valence-corrected chi connectivity index (χ1v) is 8.63. The van der Waals surface area contributed by atoms with Crippen LogP contribution in [0.4, 0.5) is 11.4 Å². The van der Waals surface area contributed by atoms with E-state index in [-0.39, 0.29) is 6.17 Å². The molecule has 1 atom stereocenters. The van der Waals surface area contributed by atoms with Crippen LogP contribution in [0.15, 0.2) is 35.3 Å². The SMILES string of the molecule is COc1ccc(C)cc1NC(C)NNCc1cc(C)cc(N=C=O)c1OC. The zero-order valence-electron chi connectivity index (χ0n) is 16.3. The molecule has 2 aromatic carbocycles. The molecule has 0 bridgehead atoms. The fraction of sp³-hybridized carbons (Fsp3) is 0.350. The normalized spacial score (nSPS) is 11.4. The highest BCUT2D eigenvalue weighted by atomic mass is 16.5. The van der Waals surface area contributed by atoms with Gasteiger partial charge in [-0.25, -0.2) is 10.2 Å². The number of nitrogens with zero attached hydrogens (tertiary/aromatic N) is 1. The van der Waals surface area contributed by atoms with Gasteiger partial charge in [0.1, 0.15) is 17.2 Å². The molecule has 0 aromatic heterocycles. The molecule has 27 heavy (non-hydrogen) atoms. The summed E-state index contributed by atoms with van der Waals surface area (Å²) in [6.45, 7) is 6.45. The molecule has 144 valence electrons. The number of anilines is 1. The smallest absolute Gasteiger partial charge is 0.240 e. The summed E-state index contributed by atoms with van der Waals surface area (Å²) in [6, 6.07) is 9.74. The van der Waals surface area contributed by atoms with Crippen LogP contribution < -0.4 is 25.6 Å². The van der Waals surface area contributed by atoms with Crippen LogP contribution in [0, 0.1) is 13.8 Å². The summed E-state index contributed by atoms with van der Waals surface area (Å²) in [5, 5.41) is 3.36. The van der Waals surface area contributed by atoms with Gasteiger partial charge in [-0.2, -0.15) is 4.99 Å². The van der Waals surface area contributed by atoms with Crippen molar-refractivity contribution in [3.63, 3.8) is 0 Å². The van der Waals surface area contributed by atoms with Crippen LogP contribution in [0.5, 0.6) is 11.5 Å². The van der Waals surface area contributed by atoms with Gasteiger partial charge in [0.2, 0.25) is 6.08 Å². The van der Waals surface area contributed by atoms with E-state index in [4.69, 9.17) is 9.47 Å². The number of benzene rings is 2. The zero-order valence-corrected chi connectivity index (χ0v) is 16.3. The highest BCUT2D eigenvalue weighted by Gasteiger charge is 2.11. The Morgan fingerprint density at radius 3 is 2.56 bits per heavy atom. The Hall–Kier alpha value is -2.86. The van der Waals surface area contributed by atoms with Crippen molar-refractivity contribution in [3.05, 3.63) is 47.0 Å². The number of isocyanates is 1. The maximum atomic E-state index is 10.6. The van der Waals surface area contributed by atoms with Crippen molar-refractivity contribution < 1.29 is 14.3 Å². The molecule has 7 heteroatoms. The van der Waals surface area contributed by atoms with E-state index in [0.29, 0.717) is 18.0 Å². The second-order valence-corrected chi connectivity index (χ2v) is 6.25. The Morgan fingerprint density at radius 1 is 1.11 bits per heavy atom. The van der Waals surface area contributed by atoms with Crippen LogP contribution in [0.3, 0.4) is 0 Å². The van der Waals surface area contributed by atoms with E-state index in [1.54, 1.807) is 26.4 Å². The Kier molecular flexibility index (Phi) is 7.37. The molecule has 0 amide bonds. The second kappa shape index (κ2) is 9.73. The molecule has 0 heterocycles. The summed E-state index contributed by atoms with van der Waals surface area (Å²) >= 11 is 0. The number of aliphatic imine (C=N–C) groups is 1. The molecule has 3 N–H and O–H groups in total. The van der Waals surface area contributed by atoms with E-state index in [1.807, 2.05) is 45.0 Å². The van der Waals surface area contributed by atoms with E-state index in [0.717, 1.165) is 28.1 Å². The third-order valence-corrected chi connectivity index (χ3v) is 3.99. The van der Waals surface area contributed by atoms with Crippen LogP contribution in [0.2, 0.25) is 0 Å². The standard InChI is InChI=1S/C20H26N4O3/c1-13-6-7-19(26-4)17(9-13)23-15(3)24-22-11-16-8-14(2)10-18(21-12-25)20(16)27-5/h6-10,15,22-24H,11H2,1-5H3. The average molecular weight is 370 g/mol. The fourth-order valence-corrected chi connectivity index (χ4v) is 2.83. The van der Waals surface area contributed by atoms with Crippen LogP contribution in [-0.4, -0.2) is 26.5 Å². The Labute approximate surface area is 159 Å². The van der Waals surface area contributed by atoms with Gasteiger partial charge in [0.15, 0.2) is 0 Å². The molecule has 2 rings (SSSR count). The zero-order chi connectivity index (χ0) is 19.8. The molecule has 0 fully saturated rings. The van der Waals surface area contributed by atoms with Crippen molar-refractivity contribution in [3.8, 4) is 11.5 Å². The third kappa shape index (κ3) is 5.56. The molecule has 1 unspecified atom stereocenters. The number of hydrogen-bond acceptors (Lipinski definition) is 7. The average Bonchev–Trinajstić information content (AvgIpc) is 2.62. The van der Waals surface area contributed by atoms with E-state index in [2.05, 4.69) is 21.2 Å². The lowest BCUT2D eigenvalue weighted by Gasteiger charge is -2.20. The van der Waals surface area contributed by atoms with E-state index < -0.39 is 0 Å².